The van der Waals surface area contributed by atoms with Gasteiger partial charge in [0.25, 0.3) is 0 Å². The Morgan fingerprint density at radius 2 is 2.10 bits per heavy atom. The summed E-state index contributed by atoms with van der Waals surface area (Å²) in [7, 11) is 1.70. The van der Waals surface area contributed by atoms with E-state index in [9.17, 15) is 0 Å². The first-order valence-electron chi connectivity index (χ1n) is 7.44. The van der Waals surface area contributed by atoms with Crippen LogP contribution in [0.1, 0.15) is 30.9 Å². The van der Waals surface area contributed by atoms with E-state index in [2.05, 4.69) is 11.8 Å². The van der Waals surface area contributed by atoms with Crippen molar-refractivity contribution >= 4 is 17.2 Å². The molecule has 4 nitrogen and oxygen atoms in total. The van der Waals surface area contributed by atoms with E-state index < -0.39 is 0 Å². The van der Waals surface area contributed by atoms with Crippen LogP contribution >= 0.6 is 12.2 Å². The third-order valence-corrected chi connectivity index (χ3v) is 4.13. The third-order valence-electron chi connectivity index (χ3n) is 3.90. The first-order valence-corrected chi connectivity index (χ1v) is 7.85. The molecule has 1 aliphatic heterocycles. The number of nitrogens with zero attached hydrogens (tertiary/aromatic N) is 1. The minimum Gasteiger partial charge on any atom is -0.496 e. The van der Waals surface area contributed by atoms with Crippen LogP contribution in [0, 0.1) is 0 Å². The van der Waals surface area contributed by atoms with Gasteiger partial charge in [-0.3, -0.25) is 4.90 Å². The van der Waals surface area contributed by atoms with E-state index in [4.69, 9.17) is 27.4 Å². The number of thiocarbonyl (C=S) groups is 1. The molecule has 1 saturated heterocycles. The Labute approximate surface area is 132 Å². The lowest BCUT2D eigenvalue weighted by atomic mass is 10.0. The highest BCUT2D eigenvalue weighted by molar-refractivity contribution is 7.80. The summed E-state index contributed by atoms with van der Waals surface area (Å²) < 4.78 is 11.1. The molecule has 0 amide bonds. The van der Waals surface area contributed by atoms with E-state index in [1.807, 2.05) is 18.2 Å². The van der Waals surface area contributed by atoms with Gasteiger partial charge in [-0.15, -0.1) is 0 Å². The maximum Gasteiger partial charge on any atom is 0.123 e. The number of methoxy groups -OCH3 is 1. The van der Waals surface area contributed by atoms with Gasteiger partial charge in [-0.1, -0.05) is 12.2 Å². The predicted molar refractivity (Wildman–Crippen MR) is 88.8 cm³/mol. The maximum absolute atomic E-state index is 5.72. The van der Waals surface area contributed by atoms with E-state index in [-0.39, 0.29) is 0 Å². The molecule has 1 aromatic rings. The summed E-state index contributed by atoms with van der Waals surface area (Å²) >= 11 is 5.06. The first kappa shape index (κ1) is 16.2. The summed E-state index contributed by atoms with van der Waals surface area (Å²) in [5.74, 6) is 0.891. The number of hydrogen-bond donors (Lipinski definition) is 1. The standard InChI is InChI=1S/C16H24N2O2S/c1-3-20-14-6-8-18(9-7-14)11-13-10-12(16(17)21)4-5-15(13)19-2/h4-5,10,14H,3,6-9,11H2,1-2H3,(H2,17,21). The molecule has 0 aliphatic carbocycles. The topological polar surface area (TPSA) is 47.7 Å². The quantitative estimate of drug-likeness (QED) is 0.817. The average Bonchev–Trinajstić information content (AvgIpc) is 2.49. The Bertz CT molecular complexity index is 485. The highest BCUT2D eigenvalue weighted by Crippen LogP contribution is 2.24. The Morgan fingerprint density at radius 1 is 1.38 bits per heavy atom. The van der Waals surface area contributed by atoms with Gasteiger partial charge in [0.15, 0.2) is 0 Å². The van der Waals surface area contributed by atoms with Gasteiger partial charge in [0.05, 0.1) is 13.2 Å². The van der Waals surface area contributed by atoms with Gasteiger partial charge in [-0.25, -0.2) is 0 Å². The molecule has 1 aromatic carbocycles. The Morgan fingerprint density at radius 3 is 2.67 bits per heavy atom. The minimum absolute atomic E-state index is 0.413. The van der Waals surface area contributed by atoms with Gasteiger partial charge >= 0.3 is 0 Å². The zero-order chi connectivity index (χ0) is 15.2. The summed E-state index contributed by atoms with van der Waals surface area (Å²) in [6, 6.07) is 5.89. The molecular weight excluding hydrogens is 284 g/mol. The van der Waals surface area contributed by atoms with Gasteiger partial charge in [0.2, 0.25) is 0 Å². The van der Waals surface area contributed by atoms with Crippen molar-refractivity contribution in [3.63, 3.8) is 0 Å². The van der Waals surface area contributed by atoms with Crippen LogP contribution in [0.15, 0.2) is 18.2 Å². The van der Waals surface area contributed by atoms with Crippen molar-refractivity contribution in [2.24, 2.45) is 5.73 Å². The maximum atomic E-state index is 5.72. The SMILES string of the molecule is CCOC1CCN(Cc2cc(C(N)=S)ccc2OC)CC1. The van der Waals surface area contributed by atoms with Crippen molar-refractivity contribution in [2.45, 2.75) is 32.4 Å². The summed E-state index contributed by atoms with van der Waals surface area (Å²) in [6.45, 7) is 5.81. The van der Waals surface area contributed by atoms with Crippen LogP contribution in [-0.4, -0.2) is 42.8 Å². The Balaban J connectivity index is 2.02. The molecule has 1 fully saturated rings. The molecule has 0 atom stereocenters. The summed E-state index contributed by atoms with van der Waals surface area (Å²) in [4.78, 5) is 2.85. The smallest absolute Gasteiger partial charge is 0.123 e. The number of likely N-dealkylation sites (tertiary alicyclic amines) is 1. The van der Waals surface area contributed by atoms with Crippen molar-refractivity contribution in [2.75, 3.05) is 26.8 Å². The molecule has 1 heterocycles. The average molecular weight is 308 g/mol. The molecule has 21 heavy (non-hydrogen) atoms. The van der Waals surface area contributed by atoms with E-state index in [1.165, 1.54) is 0 Å². The van der Waals surface area contributed by atoms with Crippen LogP contribution in [0.25, 0.3) is 0 Å². The fraction of sp³-hybridized carbons (Fsp3) is 0.562. The molecule has 0 saturated carbocycles. The Hall–Kier alpha value is -1.17. The largest absolute Gasteiger partial charge is 0.496 e. The molecule has 1 aliphatic rings. The predicted octanol–water partition coefficient (Wildman–Crippen LogP) is 2.33. The van der Waals surface area contributed by atoms with E-state index in [0.717, 1.165) is 56.0 Å². The lowest BCUT2D eigenvalue weighted by molar-refractivity contribution is 0.0124. The van der Waals surface area contributed by atoms with Crippen molar-refractivity contribution in [3.05, 3.63) is 29.3 Å². The number of rotatable bonds is 6. The fourth-order valence-electron chi connectivity index (χ4n) is 2.77. The van der Waals surface area contributed by atoms with Crippen molar-refractivity contribution < 1.29 is 9.47 Å². The normalized spacial score (nSPS) is 16.9. The summed E-state index contributed by atoms with van der Waals surface area (Å²) in [6.07, 6.45) is 2.59. The molecule has 0 spiro atoms. The molecule has 116 valence electrons. The molecule has 0 aromatic heterocycles. The zero-order valence-electron chi connectivity index (χ0n) is 12.8. The lowest BCUT2D eigenvalue weighted by Crippen LogP contribution is -2.36. The first-order chi connectivity index (χ1) is 10.1. The van der Waals surface area contributed by atoms with E-state index in [1.54, 1.807) is 7.11 Å². The summed E-state index contributed by atoms with van der Waals surface area (Å²) in [5, 5.41) is 0. The van der Waals surface area contributed by atoms with Crippen LogP contribution in [0.5, 0.6) is 5.75 Å². The highest BCUT2D eigenvalue weighted by atomic mass is 32.1. The fourth-order valence-corrected chi connectivity index (χ4v) is 2.89. The number of ether oxygens (including phenoxy) is 2. The molecular formula is C16H24N2O2S. The van der Waals surface area contributed by atoms with Gasteiger partial charge in [-0.05, 0) is 38.0 Å². The van der Waals surface area contributed by atoms with Gasteiger partial charge in [0.1, 0.15) is 10.7 Å². The van der Waals surface area contributed by atoms with Gasteiger partial charge < -0.3 is 15.2 Å². The second-order valence-corrected chi connectivity index (χ2v) is 5.76. The highest BCUT2D eigenvalue weighted by Gasteiger charge is 2.20. The van der Waals surface area contributed by atoms with Crippen LogP contribution in [0.2, 0.25) is 0 Å². The minimum atomic E-state index is 0.413. The van der Waals surface area contributed by atoms with E-state index in [0.29, 0.717) is 11.1 Å². The number of piperidine rings is 1. The van der Waals surface area contributed by atoms with Crippen LogP contribution < -0.4 is 10.5 Å². The van der Waals surface area contributed by atoms with Crippen LogP contribution in [0.4, 0.5) is 0 Å². The number of benzene rings is 1. The second-order valence-electron chi connectivity index (χ2n) is 5.32. The Kier molecular flexibility index (Phi) is 5.96. The van der Waals surface area contributed by atoms with Gasteiger partial charge in [-0.2, -0.15) is 0 Å². The van der Waals surface area contributed by atoms with Crippen LogP contribution in [0.3, 0.4) is 0 Å². The van der Waals surface area contributed by atoms with Crippen molar-refractivity contribution in [3.8, 4) is 5.75 Å². The molecule has 0 bridgehead atoms. The van der Waals surface area contributed by atoms with Crippen molar-refractivity contribution in [1.82, 2.24) is 4.90 Å². The lowest BCUT2D eigenvalue weighted by Gasteiger charge is -2.32. The van der Waals surface area contributed by atoms with Crippen molar-refractivity contribution in [1.29, 1.82) is 0 Å². The monoisotopic (exact) mass is 308 g/mol. The van der Waals surface area contributed by atoms with Crippen LogP contribution in [-0.2, 0) is 11.3 Å². The number of nitrogens with two attached hydrogens (primary N) is 1. The molecule has 0 unspecified atom stereocenters. The molecule has 5 heteroatoms. The zero-order valence-corrected chi connectivity index (χ0v) is 13.6. The molecule has 2 N–H and O–H groups in total. The number of hydrogen-bond acceptors (Lipinski definition) is 4. The second kappa shape index (κ2) is 7.73. The van der Waals surface area contributed by atoms with E-state index >= 15 is 0 Å². The molecule has 2 rings (SSSR count). The molecule has 0 radical (unpaired) electrons. The van der Waals surface area contributed by atoms with Gasteiger partial charge in [0, 0.05) is 37.4 Å². The summed E-state index contributed by atoms with van der Waals surface area (Å²) in [5.41, 5.74) is 7.75. The third kappa shape index (κ3) is 4.40.